The number of nitrogens with zero attached hydrogens (tertiary/aromatic N) is 1. The largest absolute Gasteiger partial charge is 0.506 e. The first-order valence-corrected chi connectivity index (χ1v) is 7.08. The van der Waals surface area contributed by atoms with Gasteiger partial charge in [-0.3, -0.25) is 4.98 Å². The number of pyridine rings is 1. The number of rotatable bonds is 8. The number of aromatic nitrogens is 1. The number of aromatic hydroxyl groups is 1. The Bertz CT molecular complexity index is 422. The minimum Gasteiger partial charge on any atom is -0.506 e. The van der Waals surface area contributed by atoms with Gasteiger partial charge in [-0.15, -0.1) is 0 Å². The summed E-state index contributed by atoms with van der Waals surface area (Å²) in [5, 5.41) is 19.4. The molecule has 0 radical (unpaired) electrons. The summed E-state index contributed by atoms with van der Waals surface area (Å²) in [6.07, 6.45) is 4.00. The highest BCUT2D eigenvalue weighted by molar-refractivity contribution is 5.76. The van der Waals surface area contributed by atoms with E-state index < -0.39 is 12.1 Å². The standard InChI is InChI=1S/C15H23NO4/c1-3-5-7-11(4-2)10-20-15(19)14(18)13-12(17)8-6-9-16-13/h6,8-9,11,14,17-18H,3-5,7,10H2,1-2H3. The molecule has 2 N–H and O–H groups in total. The van der Waals surface area contributed by atoms with E-state index in [0.29, 0.717) is 12.5 Å². The Morgan fingerprint density at radius 1 is 1.45 bits per heavy atom. The molecule has 5 heteroatoms. The van der Waals surface area contributed by atoms with Crippen molar-refractivity contribution in [2.24, 2.45) is 5.92 Å². The van der Waals surface area contributed by atoms with Crippen molar-refractivity contribution in [3.8, 4) is 5.75 Å². The Labute approximate surface area is 119 Å². The molecule has 0 fully saturated rings. The van der Waals surface area contributed by atoms with Crippen LogP contribution in [0.4, 0.5) is 0 Å². The van der Waals surface area contributed by atoms with E-state index in [1.54, 1.807) is 0 Å². The van der Waals surface area contributed by atoms with E-state index in [1.165, 1.54) is 18.3 Å². The summed E-state index contributed by atoms with van der Waals surface area (Å²) >= 11 is 0. The molecule has 20 heavy (non-hydrogen) atoms. The second-order valence-electron chi connectivity index (χ2n) is 4.86. The lowest BCUT2D eigenvalue weighted by Crippen LogP contribution is -2.20. The number of aliphatic hydroxyl groups is 1. The van der Waals surface area contributed by atoms with Crippen LogP contribution in [0.15, 0.2) is 18.3 Å². The van der Waals surface area contributed by atoms with Gasteiger partial charge in [0.1, 0.15) is 11.4 Å². The summed E-state index contributed by atoms with van der Waals surface area (Å²) in [4.78, 5) is 15.6. The van der Waals surface area contributed by atoms with Crippen LogP contribution in [-0.2, 0) is 9.53 Å². The molecule has 0 aliphatic carbocycles. The summed E-state index contributed by atoms with van der Waals surface area (Å²) < 4.78 is 5.12. The molecule has 1 rings (SSSR count). The van der Waals surface area contributed by atoms with Crippen molar-refractivity contribution in [2.45, 2.75) is 45.6 Å². The molecule has 1 aromatic heterocycles. The van der Waals surface area contributed by atoms with Crippen LogP contribution in [0.25, 0.3) is 0 Å². The van der Waals surface area contributed by atoms with Gasteiger partial charge in [-0.1, -0.05) is 33.1 Å². The first-order chi connectivity index (χ1) is 9.60. The predicted molar refractivity (Wildman–Crippen MR) is 75.1 cm³/mol. The molecule has 1 heterocycles. The van der Waals surface area contributed by atoms with Crippen LogP contribution in [0.2, 0.25) is 0 Å². The van der Waals surface area contributed by atoms with Crippen molar-refractivity contribution in [1.29, 1.82) is 0 Å². The number of aliphatic hydroxyl groups excluding tert-OH is 1. The molecule has 0 saturated heterocycles. The van der Waals surface area contributed by atoms with Crippen LogP contribution < -0.4 is 0 Å². The van der Waals surface area contributed by atoms with Crippen LogP contribution in [0, 0.1) is 5.92 Å². The van der Waals surface area contributed by atoms with Gasteiger partial charge in [0, 0.05) is 6.20 Å². The number of carbonyl (C=O) groups excluding carboxylic acids is 1. The molecule has 2 unspecified atom stereocenters. The molecule has 5 nitrogen and oxygen atoms in total. The van der Waals surface area contributed by atoms with Gasteiger partial charge in [0.25, 0.3) is 0 Å². The quantitative estimate of drug-likeness (QED) is 0.716. The third-order valence-electron chi connectivity index (χ3n) is 3.30. The molecule has 0 aromatic carbocycles. The topological polar surface area (TPSA) is 79.7 Å². The Morgan fingerprint density at radius 3 is 2.80 bits per heavy atom. The fraction of sp³-hybridized carbons (Fsp3) is 0.600. The molecule has 2 atom stereocenters. The van der Waals surface area contributed by atoms with Crippen molar-refractivity contribution in [3.63, 3.8) is 0 Å². The highest BCUT2D eigenvalue weighted by Crippen LogP contribution is 2.22. The minimum atomic E-state index is -1.54. The van der Waals surface area contributed by atoms with E-state index in [9.17, 15) is 15.0 Å². The Morgan fingerprint density at radius 2 is 2.20 bits per heavy atom. The SMILES string of the molecule is CCCCC(CC)COC(=O)C(O)c1ncccc1O. The van der Waals surface area contributed by atoms with Crippen LogP contribution >= 0.6 is 0 Å². The molecule has 1 aromatic rings. The van der Waals surface area contributed by atoms with Gasteiger partial charge in [-0.25, -0.2) is 4.79 Å². The molecule has 0 amide bonds. The van der Waals surface area contributed by atoms with Crippen LogP contribution in [0.3, 0.4) is 0 Å². The Kier molecular flexibility index (Phi) is 7.01. The number of ether oxygens (including phenoxy) is 1. The zero-order chi connectivity index (χ0) is 15.0. The smallest absolute Gasteiger partial charge is 0.341 e. The second-order valence-corrected chi connectivity index (χ2v) is 4.86. The summed E-state index contributed by atoms with van der Waals surface area (Å²) in [5.74, 6) is -0.674. The number of carbonyl (C=O) groups is 1. The lowest BCUT2D eigenvalue weighted by molar-refractivity contribution is -0.155. The Balaban J connectivity index is 2.52. The molecular formula is C15H23NO4. The highest BCUT2D eigenvalue weighted by Gasteiger charge is 2.24. The zero-order valence-corrected chi connectivity index (χ0v) is 12.1. The lowest BCUT2D eigenvalue weighted by Gasteiger charge is -2.16. The van der Waals surface area contributed by atoms with Crippen molar-refractivity contribution in [1.82, 2.24) is 4.98 Å². The van der Waals surface area contributed by atoms with Crippen molar-refractivity contribution < 1.29 is 19.7 Å². The molecule has 0 aliphatic rings. The monoisotopic (exact) mass is 281 g/mol. The van der Waals surface area contributed by atoms with Gasteiger partial charge in [-0.05, 0) is 24.5 Å². The summed E-state index contributed by atoms with van der Waals surface area (Å²) in [5.41, 5.74) is -0.0703. The van der Waals surface area contributed by atoms with Crippen molar-refractivity contribution in [2.75, 3.05) is 6.61 Å². The third-order valence-corrected chi connectivity index (χ3v) is 3.30. The van der Waals surface area contributed by atoms with Crippen molar-refractivity contribution >= 4 is 5.97 Å². The normalized spacial score (nSPS) is 13.8. The van der Waals surface area contributed by atoms with Crippen LogP contribution in [-0.4, -0.2) is 27.8 Å². The van der Waals surface area contributed by atoms with E-state index in [2.05, 4.69) is 18.8 Å². The van der Waals surface area contributed by atoms with Gasteiger partial charge in [0.15, 0.2) is 6.10 Å². The van der Waals surface area contributed by atoms with Gasteiger partial charge in [-0.2, -0.15) is 0 Å². The fourth-order valence-corrected chi connectivity index (χ4v) is 1.91. The molecular weight excluding hydrogens is 258 g/mol. The molecule has 112 valence electrons. The third kappa shape index (κ3) is 4.81. The first kappa shape index (κ1) is 16.4. The maximum absolute atomic E-state index is 11.8. The number of hydrogen-bond acceptors (Lipinski definition) is 5. The van der Waals surface area contributed by atoms with Crippen molar-refractivity contribution in [3.05, 3.63) is 24.0 Å². The Hall–Kier alpha value is -1.62. The fourth-order valence-electron chi connectivity index (χ4n) is 1.91. The number of unbranched alkanes of at least 4 members (excludes halogenated alkanes) is 1. The predicted octanol–water partition coefficient (Wildman–Crippen LogP) is 2.58. The van der Waals surface area contributed by atoms with E-state index in [0.717, 1.165) is 25.7 Å². The minimum absolute atomic E-state index is 0.0703. The van der Waals surface area contributed by atoms with E-state index >= 15 is 0 Å². The van der Waals surface area contributed by atoms with Gasteiger partial charge >= 0.3 is 5.97 Å². The lowest BCUT2D eigenvalue weighted by atomic mass is 10.0. The van der Waals surface area contributed by atoms with Crippen LogP contribution in [0.5, 0.6) is 5.75 Å². The van der Waals surface area contributed by atoms with Gasteiger partial charge in [0.05, 0.1) is 6.61 Å². The molecule has 0 aliphatic heterocycles. The first-order valence-electron chi connectivity index (χ1n) is 7.08. The summed E-state index contributed by atoms with van der Waals surface area (Å²) in [7, 11) is 0. The number of hydrogen-bond donors (Lipinski definition) is 2. The maximum Gasteiger partial charge on any atom is 0.341 e. The molecule has 0 spiro atoms. The maximum atomic E-state index is 11.8. The average molecular weight is 281 g/mol. The highest BCUT2D eigenvalue weighted by atomic mass is 16.5. The molecule has 0 saturated carbocycles. The van der Waals surface area contributed by atoms with Crippen LogP contribution in [0.1, 0.15) is 51.3 Å². The second kappa shape index (κ2) is 8.53. The molecule has 0 bridgehead atoms. The van der Waals surface area contributed by atoms with Gasteiger partial charge < -0.3 is 14.9 Å². The van der Waals surface area contributed by atoms with E-state index in [4.69, 9.17) is 4.74 Å². The average Bonchev–Trinajstić information content (AvgIpc) is 2.47. The van der Waals surface area contributed by atoms with E-state index in [1.807, 2.05) is 0 Å². The zero-order valence-electron chi connectivity index (χ0n) is 12.1. The summed E-state index contributed by atoms with van der Waals surface area (Å²) in [6.45, 7) is 4.46. The van der Waals surface area contributed by atoms with Gasteiger partial charge in [0.2, 0.25) is 0 Å². The number of esters is 1. The van der Waals surface area contributed by atoms with E-state index in [-0.39, 0.29) is 11.4 Å². The summed E-state index contributed by atoms with van der Waals surface area (Å²) in [6, 6.07) is 2.89.